The van der Waals surface area contributed by atoms with Crippen LogP contribution in [0.3, 0.4) is 0 Å². The maximum atomic E-state index is 13.7. The Morgan fingerprint density at radius 1 is 0.907 bits per heavy atom. The van der Waals surface area contributed by atoms with E-state index in [2.05, 4.69) is 0 Å². The molecule has 3 rings (SSSR count). The predicted octanol–water partition coefficient (Wildman–Crippen LogP) is 8.52. The van der Waals surface area contributed by atoms with E-state index < -0.39 is 77.8 Å². The van der Waals surface area contributed by atoms with E-state index in [9.17, 15) is 49.1 Å². The van der Waals surface area contributed by atoms with Gasteiger partial charge in [0.2, 0.25) is 0 Å². The zero-order valence-corrected chi connectivity index (χ0v) is 23.2. The maximum Gasteiger partial charge on any atom is 0.533 e. The van der Waals surface area contributed by atoms with Crippen LogP contribution in [0, 0.1) is 0 Å². The Morgan fingerprint density at radius 2 is 1.47 bits per heavy atom. The lowest BCUT2D eigenvalue weighted by Crippen LogP contribution is -2.47. The number of methoxy groups -OCH3 is 1. The first-order chi connectivity index (χ1) is 19.8. The summed E-state index contributed by atoms with van der Waals surface area (Å²) in [5.74, 6) is 0. The maximum absolute atomic E-state index is 13.7. The summed E-state index contributed by atoms with van der Waals surface area (Å²) < 4.78 is 132. The molecule has 2 atom stereocenters. The van der Waals surface area contributed by atoms with Crippen molar-refractivity contribution < 1.29 is 63.4 Å². The zero-order chi connectivity index (χ0) is 32.5. The standard InChI is InChI=1S/C27H27F9N2O5/c1-5-19-12-22(20-11-16(25(28,29)30)6-7-21(20)38(19)43-24(40)42-14(2)3)37(23(39)41-4)13-15-8-17(26(31,32)33)10-18(9-15)27(34,35)36/h6-11,14,19,22H,5,12-13H2,1-4H3/t19-,22+/m1/s1. The number of carbonyl (C=O) groups excluding carboxylic acids is 2. The van der Waals surface area contributed by atoms with Crippen molar-refractivity contribution in [2.75, 3.05) is 12.2 Å². The molecule has 0 N–H and O–H groups in total. The second-order valence-electron chi connectivity index (χ2n) is 9.93. The van der Waals surface area contributed by atoms with Crippen LogP contribution in [-0.4, -0.2) is 36.4 Å². The van der Waals surface area contributed by atoms with Crippen LogP contribution in [0.2, 0.25) is 0 Å². The van der Waals surface area contributed by atoms with Crippen LogP contribution < -0.4 is 5.06 Å². The lowest BCUT2D eigenvalue weighted by atomic mass is 9.88. The van der Waals surface area contributed by atoms with Crippen LogP contribution in [0.5, 0.6) is 0 Å². The van der Waals surface area contributed by atoms with Gasteiger partial charge in [-0.3, -0.25) is 4.90 Å². The zero-order valence-electron chi connectivity index (χ0n) is 23.2. The highest BCUT2D eigenvalue weighted by Crippen LogP contribution is 2.45. The first-order valence-electron chi connectivity index (χ1n) is 12.8. The number of anilines is 1. The lowest BCUT2D eigenvalue weighted by molar-refractivity contribution is -0.143. The van der Waals surface area contributed by atoms with E-state index in [0.717, 1.165) is 23.1 Å². The van der Waals surface area contributed by atoms with E-state index in [1.165, 1.54) is 13.8 Å². The largest absolute Gasteiger partial charge is 0.533 e. The van der Waals surface area contributed by atoms with Crippen molar-refractivity contribution in [1.29, 1.82) is 0 Å². The Kier molecular flexibility index (Phi) is 9.71. The number of hydroxylamine groups is 1. The molecule has 1 heterocycles. The summed E-state index contributed by atoms with van der Waals surface area (Å²) in [5, 5.41) is 1.01. The number of alkyl halides is 9. The molecule has 7 nitrogen and oxygen atoms in total. The van der Waals surface area contributed by atoms with E-state index in [1.807, 2.05) is 0 Å². The van der Waals surface area contributed by atoms with Gasteiger partial charge < -0.3 is 14.3 Å². The van der Waals surface area contributed by atoms with E-state index in [4.69, 9.17) is 14.3 Å². The highest BCUT2D eigenvalue weighted by molar-refractivity contribution is 5.71. The lowest BCUT2D eigenvalue weighted by Gasteiger charge is -2.43. The minimum Gasteiger partial charge on any atom is -0.453 e. The summed E-state index contributed by atoms with van der Waals surface area (Å²) in [5.41, 5.74) is -5.40. The van der Waals surface area contributed by atoms with Gasteiger partial charge in [0.1, 0.15) is 0 Å². The van der Waals surface area contributed by atoms with Crippen molar-refractivity contribution in [2.45, 2.75) is 76.9 Å². The van der Waals surface area contributed by atoms with Gasteiger partial charge in [-0.2, -0.15) is 44.6 Å². The fourth-order valence-corrected chi connectivity index (χ4v) is 4.65. The molecule has 0 aromatic heterocycles. The first kappa shape index (κ1) is 33.6. The van der Waals surface area contributed by atoms with Gasteiger partial charge in [-0.25, -0.2) is 9.59 Å². The van der Waals surface area contributed by atoms with Crippen molar-refractivity contribution in [3.05, 3.63) is 64.2 Å². The summed E-state index contributed by atoms with van der Waals surface area (Å²) in [6.45, 7) is 3.79. The third-order valence-corrected chi connectivity index (χ3v) is 6.54. The average Bonchev–Trinajstić information content (AvgIpc) is 2.89. The minimum atomic E-state index is -5.18. The molecular formula is C27H27F9N2O5. The van der Waals surface area contributed by atoms with Gasteiger partial charge in [-0.05, 0) is 68.7 Å². The van der Waals surface area contributed by atoms with Crippen LogP contribution in [0.4, 0.5) is 54.8 Å². The number of amides is 1. The second kappa shape index (κ2) is 12.4. The number of hydrogen-bond acceptors (Lipinski definition) is 6. The number of ether oxygens (including phenoxy) is 2. The van der Waals surface area contributed by atoms with Gasteiger partial charge in [0.15, 0.2) is 0 Å². The number of fused-ring (bicyclic) bond motifs is 1. The van der Waals surface area contributed by atoms with Gasteiger partial charge in [-0.15, -0.1) is 0 Å². The van der Waals surface area contributed by atoms with Gasteiger partial charge in [0, 0.05) is 12.1 Å². The minimum absolute atomic E-state index is 0.0872. The van der Waals surface area contributed by atoms with Crippen LogP contribution in [0.15, 0.2) is 36.4 Å². The Bertz CT molecular complexity index is 1290. The van der Waals surface area contributed by atoms with Crippen LogP contribution >= 0.6 is 0 Å². The quantitative estimate of drug-likeness (QED) is 0.236. The van der Waals surface area contributed by atoms with E-state index in [-0.39, 0.29) is 30.2 Å². The normalized spacial score (nSPS) is 17.4. The molecule has 0 spiro atoms. The number of carbonyl (C=O) groups is 2. The van der Waals surface area contributed by atoms with Gasteiger partial charge in [0.05, 0.1) is 47.7 Å². The average molecular weight is 631 g/mol. The highest BCUT2D eigenvalue weighted by atomic mass is 19.4. The summed E-state index contributed by atoms with van der Waals surface area (Å²) in [6.07, 6.45) is -18.3. The third kappa shape index (κ3) is 7.96. The molecule has 43 heavy (non-hydrogen) atoms. The Balaban J connectivity index is 2.19. The second-order valence-corrected chi connectivity index (χ2v) is 9.93. The van der Waals surface area contributed by atoms with Crippen molar-refractivity contribution in [1.82, 2.24) is 4.90 Å². The summed E-state index contributed by atoms with van der Waals surface area (Å²) in [4.78, 5) is 31.3. The number of rotatable bonds is 6. The topological polar surface area (TPSA) is 68.3 Å². The molecule has 0 saturated heterocycles. The fraction of sp³-hybridized carbons (Fsp3) is 0.481. The van der Waals surface area contributed by atoms with Crippen LogP contribution in [-0.2, 0) is 39.4 Å². The summed E-state index contributed by atoms with van der Waals surface area (Å²) in [6, 6.07) is 0.911. The predicted molar refractivity (Wildman–Crippen MR) is 132 cm³/mol. The van der Waals surface area contributed by atoms with Gasteiger partial charge >= 0.3 is 30.8 Å². The molecular weight excluding hydrogens is 603 g/mol. The molecule has 2 aromatic rings. The van der Waals surface area contributed by atoms with Gasteiger partial charge in [-0.1, -0.05) is 6.92 Å². The SMILES string of the molecule is CC[C@@H]1C[C@H](N(Cc2cc(C(F)(F)F)cc(C(F)(F)F)c2)C(=O)OC)c2cc(C(F)(F)F)ccc2N1OC(=O)OC(C)C. The van der Waals surface area contributed by atoms with Crippen molar-refractivity contribution >= 4 is 17.9 Å². The Labute approximate surface area is 240 Å². The number of nitrogens with zero attached hydrogens (tertiary/aromatic N) is 2. The molecule has 0 saturated carbocycles. The van der Waals surface area contributed by atoms with Crippen molar-refractivity contribution in [3.8, 4) is 0 Å². The smallest absolute Gasteiger partial charge is 0.453 e. The number of hydrogen-bond donors (Lipinski definition) is 0. The molecule has 2 aromatic carbocycles. The molecule has 0 fully saturated rings. The monoisotopic (exact) mass is 630 g/mol. The molecule has 0 bridgehead atoms. The van der Waals surface area contributed by atoms with Crippen LogP contribution in [0.25, 0.3) is 0 Å². The van der Waals surface area contributed by atoms with E-state index in [1.54, 1.807) is 6.92 Å². The molecule has 16 heteroatoms. The molecule has 0 radical (unpaired) electrons. The molecule has 1 aliphatic rings. The summed E-state index contributed by atoms with van der Waals surface area (Å²) in [7, 11) is 0.896. The van der Waals surface area contributed by atoms with Crippen molar-refractivity contribution in [2.24, 2.45) is 0 Å². The molecule has 0 unspecified atom stereocenters. The Hall–Kier alpha value is -3.85. The molecule has 1 aliphatic heterocycles. The first-order valence-corrected chi connectivity index (χ1v) is 12.8. The highest BCUT2D eigenvalue weighted by Gasteiger charge is 2.43. The molecule has 1 amide bonds. The Morgan fingerprint density at radius 3 is 1.93 bits per heavy atom. The van der Waals surface area contributed by atoms with Crippen LogP contribution in [0.1, 0.15) is 67.5 Å². The fourth-order valence-electron chi connectivity index (χ4n) is 4.65. The third-order valence-electron chi connectivity index (χ3n) is 6.54. The van der Waals surface area contributed by atoms with E-state index >= 15 is 0 Å². The number of benzene rings is 2. The van der Waals surface area contributed by atoms with Gasteiger partial charge in [0.25, 0.3) is 0 Å². The van der Waals surface area contributed by atoms with E-state index in [0.29, 0.717) is 24.3 Å². The summed E-state index contributed by atoms with van der Waals surface area (Å²) >= 11 is 0. The number of halogens is 9. The molecule has 238 valence electrons. The molecule has 0 aliphatic carbocycles. The van der Waals surface area contributed by atoms with Crippen molar-refractivity contribution in [3.63, 3.8) is 0 Å².